The fourth-order valence-electron chi connectivity index (χ4n) is 0.545. The standard InChI is InChI=1S/C4H6O6.C4H8O2.C3H6O3/c5-3(6)9-1-2-10-4(7)8;1-3-6-4(2)5;1-5-3(4)6-2/h1-2H2,(H,5,6)(H,7,8);3H2,1-2H3;1-2H3. The summed E-state index contributed by atoms with van der Waals surface area (Å²) < 4.78 is 20.3. The van der Waals surface area contributed by atoms with Crippen molar-refractivity contribution in [1.29, 1.82) is 0 Å². The van der Waals surface area contributed by atoms with Gasteiger partial charge in [-0.1, -0.05) is 0 Å². The van der Waals surface area contributed by atoms with Crippen molar-refractivity contribution in [3.63, 3.8) is 0 Å². The van der Waals surface area contributed by atoms with Gasteiger partial charge in [-0.15, -0.1) is 0 Å². The van der Waals surface area contributed by atoms with E-state index in [-0.39, 0.29) is 19.2 Å². The summed E-state index contributed by atoms with van der Waals surface area (Å²) in [6.45, 7) is 3.10. The third kappa shape index (κ3) is 36.0. The van der Waals surface area contributed by atoms with E-state index >= 15 is 0 Å². The highest BCUT2D eigenvalue weighted by molar-refractivity contribution is 5.65. The fraction of sp³-hybridized carbons (Fsp3) is 0.636. The molecule has 0 radical (unpaired) electrons. The van der Waals surface area contributed by atoms with E-state index in [4.69, 9.17) is 10.2 Å². The molecule has 0 saturated heterocycles. The zero-order valence-corrected chi connectivity index (χ0v) is 12.7. The van der Waals surface area contributed by atoms with Gasteiger partial charge in [0.2, 0.25) is 0 Å². The van der Waals surface area contributed by atoms with Crippen molar-refractivity contribution in [1.82, 2.24) is 0 Å². The maximum absolute atomic E-state index is 9.82. The summed E-state index contributed by atoms with van der Waals surface area (Å²) in [6, 6.07) is 0. The van der Waals surface area contributed by atoms with Crippen LogP contribution in [0.1, 0.15) is 13.8 Å². The Labute approximate surface area is 126 Å². The van der Waals surface area contributed by atoms with Gasteiger partial charge in [-0.25, -0.2) is 14.4 Å². The molecule has 0 amide bonds. The third-order valence-electron chi connectivity index (χ3n) is 1.22. The third-order valence-corrected chi connectivity index (χ3v) is 1.22. The van der Waals surface area contributed by atoms with Crippen LogP contribution in [0.25, 0.3) is 0 Å². The highest BCUT2D eigenvalue weighted by atomic mass is 16.7. The van der Waals surface area contributed by atoms with Crippen LogP contribution in [0.3, 0.4) is 0 Å². The van der Waals surface area contributed by atoms with Gasteiger partial charge in [0, 0.05) is 6.92 Å². The molecule has 0 aliphatic heterocycles. The molecule has 0 aromatic rings. The summed E-state index contributed by atoms with van der Waals surface area (Å²) in [5.41, 5.74) is 0. The monoisotopic (exact) mass is 328 g/mol. The van der Waals surface area contributed by atoms with Crippen molar-refractivity contribution in [2.45, 2.75) is 13.8 Å². The molecule has 0 unspecified atom stereocenters. The normalized spacial score (nSPS) is 7.82. The van der Waals surface area contributed by atoms with Gasteiger partial charge in [-0.05, 0) is 6.92 Å². The molecule has 0 aromatic heterocycles. The van der Waals surface area contributed by atoms with E-state index in [1.807, 2.05) is 0 Å². The molecule has 11 heteroatoms. The molecule has 0 aliphatic carbocycles. The summed E-state index contributed by atoms with van der Waals surface area (Å²) in [4.78, 5) is 38.8. The van der Waals surface area contributed by atoms with Gasteiger partial charge in [0.15, 0.2) is 0 Å². The Balaban J connectivity index is -0.000000261. The average Bonchev–Trinajstić information content (AvgIpc) is 2.43. The summed E-state index contributed by atoms with van der Waals surface area (Å²) >= 11 is 0. The van der Waals surface area contributed by atoms with E-state index in [1.165, 1.54) is 21.1 Å². The Morgan fingerprint density at radius 1 is 0.818 bits per heavy atom. The zero-order valence-electron chi connectivity index (χ0n) is 12.7. The van der Waals surface area contributed by atoms with E-state index in [0.717, 1.165) is 0 Å². The molecule has 22 heavy (non-hydrogen) atoms. The first-order valence-electron chi connectivity index (χ1n) is 5.67. The second-order valence-corrected chi connectivity index (χ2v) is 2.81. The lowest BCUT2D eigenvalue weighted by atomic mass is 10.8. The molecular weight excluding hydrogens is 308 g/mol. The zero-order chi connectivity index (χ0) is 18.0. The minimum absolute atomic E-state index is 0.211. The highest BCUT2D eigenvalue weighted by Crippen LogP contribution is 1.79. The number of ether oxygens (including phenoxy) is 5. The molecule has 0 atom stereocenters. The Hall–Kier alpha value is -2.72. The molecule has 0 fully saturated rings. The number of carbonyl (C=O) groups excluding carboxylic acids is 2. The van der Waals surface area contributed by atoms with Crippen LogP contribution in [0.5, 0.6) is 0 Å². The first-order chi connectivity index (χ1) is 10.2. The van der Waals surface area contributed by atoms with Crippen LogP contribution in [0.4, 0.5) is 14.4 Å². The van der Waals surface area contributed by atoms with E-state index in [0.29, 0.717) is 6.61 Å². The van der Waals surface area contributed by atoms with Gasteiger partial charge in [0.1, 0.15) is 13.2 Å². The summed E-state index contributed by atoms with van der Waals surface area (Å²) in [5, 5.41) is 15.7. The van der Waals surface area contributed by atoms with Gasteiger partial charge in [0.05, 0.1) is 20.8 Å². The van der Waals surface area contributed by atoms with Crippen LogP contribution in [-0.4, -0.2) is 68.7 Å². The van der Waals surface area contributed by atoms with Crippen molar-refractivity contribution in [3.8, 4) is 0 Å². The Bertz CT molecular complexity index is 304. The predicted molar refractivity (Wildman–Crippen MR) is 69.7 cm³/mol. The Morgan fingerprint density at radius 2 is 1.18 bits per heavy atom. The molecule has 0 aromatic carbocycles. The molecule has 0 heterocycles. The van der Waals surface area contributed by atoms with Crippen molar-refractivity contribution in [2.24, 2.45) is 0 Å². The molecular formula is C11H20O11. The number of rotatable bonds is 4. The van der Waals surface area contributed by atoms with Gasteiger partial charge in [-0.3, -0.25) is 4.79 Å². The van der Waals surface area contributed by atoms with Crippen molar-refractivity contribution >= 4 is 24.4 Å². The van der Waals surface area contributed by atoms with Gasteiger partial charge in [0.25, 0.3) is 0 Å². The van der Waals surface area contributed by atoms with Crippen molar-refractivity contribution < 1.29 is 53.1 Å². The molecule has 11 nitrogen and oxygen atoms in total. The van der Waals surface area contributed by atoms with Gasteiger partial charge >= 0.3 is 24.4 Å². The maximum atomic E-state index is 9.82. The smallest absolute Gasteiger partial charge is 0.466 e. The molecule has 0 saturated carbocycles. The summed E-state index contributed by atoms with van der Waals surface area (Å²) in [7, 11) is 2.51. The first kappa shape index (κ1) is 24.3. The van der Waals surface area contributed by atoms with E-state index in [2.05, 4.69) is 23.7 Å². The maximum Gasteiger partial charge on any atom is 0.507 e. The number of methoxy groups -OCH3 is 2. The van der Waals surface area contributed by atoms with Gasteiger partial charge in [-0.2, -0.15) is 0 Å². The van der Waals surface area contributed by atoms with Crippen molar-refractivity contribution in [2.75, 3.05) is 34.0 Å². The molecule has 0 bridgehead atoms. The van der Waals surface area contributed by atoms with Crippen LogP contribution in [-0.2, 0) is 28.5 Å². The quantitative estimate of drug-likeness (QED) is 0.436. The van der Waals surface area contributed by atoms with Gasteiger partial charge < -0.3 is 33.9 Å². The molecule has 0 aliphatic rings. The van der Waals surface area contributed by atoms with E-state index in [1.54, 1.807) is 6.92 Å². The summed E-state index contributed by atoms with van der Waals surface area (Å²) in [6.07, 6.45) is -3.56. The lowest BCUT2D eigenvalue weighted by Crippen LogP contribution is -2.10. The average molecular weight is 328 g/mol. The molecule has 2 N–H and O–H groups in total. The minimum atomic E-state index is -1.45. The number of hydrogen-bond donors (Lipinski definition) is 2. The number of carbonyl (C=O) groups is 4. The second kappa shape index (κ2) is 18.3. The second-order valence-electron chi connectivity index (χ2n) is 2.81. The van der Waals surface area contributed by atoms with Crippen LogP contribution < -0.4 is 0 Å². The van der Waals surface area contributed by atoms with E-state index < -0.39 is 18.5 Å². The van der Waals surface area contributed by atoms with E-state index in [9.17, 15) is 19.2 Å². The van der Waals surface area contributed by atoms with Crippen LogP contribution in [0.2, 0.25) is 0 Å². The highest BCUT2D eigenvalue weighted by Gasteiger charge is 1.98. The fourth-order valence-corrected chi connectivity index (χ4v) is 0.545. The van der Waals surface area contributed by atoms with Crippen LogP contribution in [0, 0.1) is 0 Å². The number of esters is 1. The predicted octanol–water partition coefficient (Wildman–Crippen LogP) is 1.34. The van der Waals surface area contributed by atoms with Crippen LogP contribution >= 0.6 is 0 Å². The van der Waals surface area contributed by atoms with Crippen LogP contribution in [0.15, 0.2) is 0 Å². The molecule has 0 rings (SSSR count). The lowest BCUT2D eigenvalue weighted by molar-refractivity contribution is -0.140. The molecule has 0 spiro atoms. The Morgan fingerprint density at radius 3 is 1.27 bits per heavy atom. The topological polar surface area (TPSA) is 155 Å². The minimum Gasteiger partial charge on any atom is -0.466 e. The SMILES string of the molecule is CCOC(C)=O.COC(=O)OC.O=C(O)OCCOC(=O)O. The van der Waals surface area contributed by atoms with Crippen molar-refractivity contribution in [3.05, 3.63) is 0 Å². The largest absolute Gasteiger partial charge is 0.507 e. The lowest BCUT2D eigenvalue weighted by Gasteiger charge is -1.98. The number of hydrogen-bond acceptors (Lipinski definition) is 9. The Kier molecular flexibility index (Phi) is 20.2. The number of carboxylic acid groups (broad SMARTS) is 2. The molecule has 130 valence electrons. The first-order valence-corrected chi connectivity index (χ1v) is 5.67. The summed E-state index contributed by atoms with van der Waals surface area (Å²) in [5.74, 6) is -0.211.